The molecule has 5 nitrogen and oxygen atoms in total. The van der Waals surface area contributed by atoms with Crippen molar-refractivity contribution in [2.45, 2.75) is 31.8 Å². The summed E-state index contributed by atoms with van der Waals surface area (Å²) < 4.78 is 0. The fourth-order valence-electron chi connectivity index (χ4n) is 3.07. The van der Waals surface area contributed by atoms with Gasteiger partial charge in [-0.25, -0.2) is 4.98 Å². The Balaban J connectivity index is 1.61. The number of likely N-dealkylation sites (N-methyl/N-ethyl adjacent to an activating group) is 1. The number of hydrogen-bond acceptors (Lipinski definition) is 5. The van der Waals surface area contributed by atoms with Crippen LogP contribution in [0.4, 0.5) is 0 Å². The third-order valence-electron chi connectivity index (χ3n) is 4.14. The molecule has 1 aliphatic rings. The smallest absolute Gasteiger partial charge is 0.237 e. The Kier molecular flexibility index (Phi) is 5.35. The van der Waals surface area contributed by atoms with E-state index in [9.17, 15) is 4.79 Å². The van der Waals surface area contributed by atoms with E-state index in [0.717, 1.165) is 36.5 Å². The van der Waals surface area contributed by atoms with Crippen LogP contribution in [-0.4, -0.2) is 45.8 Å². The molecule has 0 aliphatic carbocycles. The number of thiazole rings is 1. The monoisotopic (exact) mass is 330 g/mol. The highest BCUT2D eigenvalue weighted by Crippen LogP contribution is 2.32. The van der Waals surface area contributed by atoms with Gasteiger partial charge in [-0.05, 0) is 37.9 Å². The lowest BCUT2D eigenvalue weighted by Crippen LogP contribution is -2.43. The standard InChI is InChI=1S/C17H22N4OS/c1-20(12-14-5-4-7-18-11-14)13-16(22)21-9-3-2-6-15(21)17-19-8-10-23-17/h4-5,7-8,10-11,15H,2-3,6,9,12-13H2,1H3/t15-/m1/s1. The number of piperidine rings is 1. The zero-order chi connectivity index (χ0) is 16.1. The van der Waals surface area contributed by atoms with Gasteiger partial charge in [0.1, 0.15) is 5.01 Å². The lowest BCUT2D eigenvalue weighted by atomic mass is 10.0. The number of nitrogens with zero attached hydrogens (tertiary/aromatic N) is 4. The predicted molar refractivity (Wildman–Crippen MR) is 91.0 cm³/mol. The molecule has 1 aliphatic heterocycles. The largest absolute Gasteiger partial charge is 0.332 e. The molecule has 2 aromatic rings. The van der Waals surface area contributed by atoms with Crippen LogP contribution in [0.1, 0.15) is 35.9 Å². The number of rotatable bonds is 5. The second kappa shape index (κ2) is 7.66. The second-order valence-corrected chi connectivity index (χ2v) is 6.93. The van der Waals surface area contributed by atoms with Crippen molar-refractivity contribution in [3.63, 3.8) is 0 Å². The molecule has 0 spiro atoms. The minimum Gasteiger partial charge on any atom is -0.332 e. The number of hydrogen-bond donors (Lipinski definition) is 0. The summed E-state index contributed by atoms with van der Waals surface area (Å²) in [6, 6.07) is 4.12. The van der Waals surface area contributed by atoms with Crippen molar-refractivity contribution in [1.82, 2.24) is 19.8 Å². The molecule has 23 heavy (non-hydrogen) atoms. The predicted octanol–water partition coefficient (Wildman–Crippen LogP) is 2.72. The van der Waals surface area contributed by atoms with Gasteiger partial charge in [0.2, 0.25) is 5.91 Å². The van der Waals surface area contributed by atoms with Crippen molar-refractivity contribution in [2.24, 2.45) is 0 Å². The SMILES string of the molecule is CN(CC(=O)N1CCCC[C@@H]1c1nccs1)Cc1cccnc1. The summed E-state index contributed by atoms with van der Waals surface area (Å²) in [4.78, 5) is 25.4. The number of pyridine rings is 1. The third kappa shape index (κ3) is 4.14. The highest BCUT2D eigenvalue weighted by atomic mass is 32.1. The van der Waals surface area contributed by atoms with Gasteiger partial charge in [0, 0.05) is 37.1 Å². The van der Waals surface area contributed by atoms with Crippen molar-refractivity contribution in [3.8, 4) is 0 Å². The first kappa shape index (κ1) is 16.1. The van der Waals surface area contributed by atoms with E-state index in [-0.39, 0.29) is 11.9 Å². The van der Waals surface area contributed by atoms with Crippen molar-refractivity contribution < 1.29 is 4.79 Å². The van der Waals surface area contributed by atoms with Crippen molar-refractivity contribution in [1.29, 1.82) is 0 Å². The molecule has 0 bridgehead atoms. The second-order valence-electron chi connectivity index (χ2n) is 6.00. The molecule has 1 atom stereocenters. The van der Waals surface area contributed by atoms with Gasteiger partial charge in [0.15, 0.2) is 0 Å². The summed E-state index contributed by atoms with van der Waals surface area (Å²) >= 11 is 1.65. The zero-order valence-electron chi connectivity index (χ0n) is 13.4. The number of amides is 1. The summed E-state index contributed by atoms with van der Waals surface area (Å²) in [5.41, 5.74) is 1.12. The molecule has 1 amide bonds. The van der Waals surface area contributed by atoms with E-state index in [0.29, 0.717) is 6.54 Å². The van der Waals surface area contributed by atoms with Gasteiger partial charge in [-0.2, -0.15) is 0 Å². The van der Waals surface area contributed by atoms with Crippen LogP contribution in [0.3, 0.4) is 0 Å². The number of aromatic nitrogens is 2. The molecule has 6 heteroatoms. The van der Waals surface area contributed by atoms with E-state index in [1.165, 1.54) is 6.42 Å². The van der Waals surface area contributed by atoms with E-state index in [4.69, 9.17) is 0 Å². The van der Waals surface area contributed by atoms with Crippen LogP contribution in [0, 0.1) is 0 Å². The summed E-state index contributed by atoms with van der Waals surface area (Å²) in [7, 11) is 1.98. The molecule has 0 radical (unpaired) electrons. The third-order valence-corrected chi connectivity index (χ3v) is 5.02. The Hall–Kier alpha value is -1.79. The topological polar surface area (TPSA) is 49.3 Å². The summed E-state index contributed by atoms with van der Waals surface area (Å²) in [5, 5.41) is 3.05. The fraction of sp³-hybridized carbons (Fsp3) is 0.471. The van der Waals surface area contributed by atoms with E-state index in [2.05, 4.69) is 9.97 Å². The van der Waals surface area contributed by atoms with Gasteiger partial charge in [-0.3, -0.25) is 14.7 Å². The first-order chi connectivity index (χ1) is 11.2. The fourth-order valence-corrected chi connectivity index (χ4v) is 3.85. The van der Waals surface area contributed by atoms with Gasteiger partial charge in [-0.1, -0.05) is 6.07 Å². The van der Waals surface area contributed by atoms with Crippen molar-refractivity contribution >= 4 is 17.2 Å². The molecule has 0 aromatic carbocycles. The van der Waals surface area contributed by atoms with E-state index < -0.39 is 0 Å². The molecule has 122 valence electrons. The average Bonchev–Trinajstić information content (AvgIpc) is 3.10. The molecule has 3 heterocycles. The maximum absolute atomic E-state index is 12.7. The molecular formula is C17H22N4OS. The van der Waals surface area contributed by atoms with Crippen molar-refractivity contribution in [2.75, 3.05) is 20.1 Å². The molecule has 0 saturated carbocycles. The van der Waals surface area contributed by atoms with Gasteiger partial charge in [0.25, 0.3) is 0 Å². The normalized spacial score (nSPS) is 18.3. The van der Waals surface area contributed by atoms with Crippen LogP contribution in [0.25, 0.3) is 0 Å². The first-order valence-electron chi connectivity index (χ1n) is 8.00. The quantitative estimate of drug-likeness (QED) is 0.846. The number of carbonyl (C=O) groups excluding carboxylic acids is 1. The van der Waals surface area contributed by atoms with Crippen molar-refractivity contribution in [3.05, 3.63) is 46.7 Å². The Labute approximate surface area is 141 Å². The van der Waals surface area contributed by atoms with Gasteiger partial charge >= 0.3 is 0 Å². The first-order valence-corrected chi connectivity index (χ1v) is 8.88. The molecule has 2 aromatic heterocycles. The summed E-state index contributed by atoms with van der Waals surface area (Å²) in [5.74, 6) is 0.191. The van der Waals surface area contributed by atoms with Crippen LogP contribution in [0.15, 0.2) is 36.1 Å². The molecule has 0 unspecified atom stereocenters. The summed E-state index contributed by atoms with van der Waals surface area (Å²) in [6.45, 7) is 2.00. The maximum atomic E-state index is 12.7. The minimum absolute atomic E-state index is 0.156. The van der Waals surface area contributed by atoms with Crippen LogP contribution in [0.2, 0.25) is 0 Å². The van der Waals surface area contributed by atoms with Crippen LogP contribution < -0.4 is 0 Å². The number of likely N-dealkylation sites (tertiary alicyclic amines) is 1. The highest BCUT2D eigenvalue weighted by Gasteiger charge is 2.29. The number of carbonyl (C=O) groups is 1. The molecular weight excluding hydrogens is 308 g/mol. The average molecular weight is 330 g/mol. The maximum Gasteiger partial charge on any atom is 0.237 e. The molecule has 1 saturated heterocycles. The van der Waals surface area contributed by atoms with E-state index in [1.807, 2.05) is 46.8 Å². The lowest BCUT2D eigenvalue weighted by Gasteiger charge is -2.35. The highest BCUT2D eigenvalue weighted by molar-refractivity contribution is 7.09. The molecule has 0 N–H and O–H groups in total. The Bertz CT molecular complexity index is 617. The van der Waals surface area contributed by atoms with E-state index >= 15 is 0 Å². The van der Waals surface area contributed by atoms with Gasteiger partial charge in [-0.15, -0.1) is 11.3 Å². The minimum atomic E-state index is 0.156. The van der Waals surface area contributed by atoms with Crippen LogP contribution in [-0.2, 0) is 11.3 Å². The Morgan fingerprint density at radius 1 is 1.43 bits per heavy atom. The Morgan fingerprint density at radius 2 is 2.35 bits per heavy atom. The zero-order valence-corrected chi connectivity index (χ0v) is 14.2. The van der Waals surface area contributed by atoms with Gasteiger partial charge < -0.3 is 4.90 Å². The molecule has 3 rings (SSSR count). The van der Waals surface area contributed by atoms with Gasteiger partial charge in [0.05, 0.1) is 12.6 Å². The van der Waals surface area contributed by atoms with E-state index in [1.54, 1.807) is 17.5 Å². The van der Waals surface area contributed by atoms with Crippen LogP contribution >= 0.6 is 11.3 Å². The van der Waals surface area contributed by atoms with Crippen LogP contribution in [0.5, 0.6) is 0 Å². The summed E-state index contributed by atoms with van der Waals surface area (Å²) in [6.07, 6.45) is 8.71. The Morgan fingerprint density at radius 3 is 3.09 bits per heavy atom. The molecule has 1 fully saturated rings. The lowest BCUT2D eigenvalue weighted by molar-refractivity contribution is -0.136.